The molecule has 1 unspecified atom stereocenters. The normalized spacial score (nSPS) is 12.2. The Balaban J connectivity index is 2.01. The molecule has 1 heterocycles. The van der Waals surface area contributed by atoms with Crippen molar-refractivity contribution in [3.05, 3.63) is 53.5 Å². The van der Waals surface area contributed by atoms with Gasteiger partial charge in [0.05, 0.1) is 0 Å². The molecule has 0 radical (unpaired) electrons. The Labute approximate surface area is 114 Å². The largest absolute Gasteiger partial charge is 0.368 e. The molecule has 2 rings (SSSR count). The number of benzene rings is 1. The van der Waals surface area contributed by atoms with Gasteiger partial charge in [0, 0.05) is 24.3 Å². The lowest BCUT2D eigenvalue weighted by Gasteiger charge is -2.14. The SMILES string of the molecule is CCc1cc(NCC(N)c2ccccc2)nc(C)n1. The molecule has 1 atom stereocenters. The minimum Gasteiger partial charge on any atom is -0.368 e. The number of hydrogen-bond acceptors (Lipinski definition) is 4. The van der Waals surface area contributed by atoms with Crippen LogP contribution < -0.4 is 11.1 Å². The van der Waals surface area contributed by atoms with E-state index < -0.39 is 0 Å². The molecule has 0 saturated carbocycles. The van der Waals surface area contributed by atoms with E-state index in [1.807, 2.05) is 43.3 Å². The summed E-state index contributed by atoms with van der Waals surface area (Å²) < 4.78 is 0. The standard InChI is InChI=1S/C15H20N4/c1-3-13-9-15(19-11(2)18-13)17-10-14(16)12-7-5-4-6-8-12/h4-9,14H,3,10,16H2,1-2H3,(H,17,18,19). The summed E-state index contributed by atoms with van der Waals surface area (Å²) in [6, 6.07) is 12.0. The van der Waals surface area contributed by atoms with E-state index >= 15 is 0 Å². The molecule has 1 aromatic carbocycles. The first-order valence-corrected chi connectivity index (χ1v) is 6.58. The van der Waals surface area contributed by atoms with Crippen LogP contribution in [0.5, 0.6) is 0 Å². The molecule has 0 spiro atoms. The first-order chi connectivity index (χ1) is 9.19. The third-order valence-corrected chi connectivity index (χ3v) is 2.98. The van der Waals surface area contributed by atoms with Crippen molar-refractivity contribution in [1.29, 1.82) is 0 Å². The molecule has 19 heavy (non-hydrogen) atoms. The zero-order valence-electron chi connectivity index (χ0n) is 11.4. The smallest absolute Gasteiger partial charge is 0.129 e. The monoisotopic (exact) mass is 256 g/mol. The zero-order chi connectivity index (χ0) is 13.7. The molecule has 4 heteroatoms. The molecule has 0 aliphatic rings. The van der Waals surface area contributed by atoms with Crippen molar-refractivity contribution >= 4 is 5.82 Å². The fourth-order valence-electron chi connectivity index (χ4n) is 1.93. The molecule has 1 aromatic heterocycles. The highest BCUT2D eigenvalue weighted by molar-refractivity contribution is 5.37. The van der Waals surface area contributed by atoms with E-state index in [2.05, 4.69) is 22.2 Å². The minimum absolute atomic E-state index is 0.0402. The maximum atomic E-state index is 6.15. The number of hydrogen-bond donors (Lipinski definition) is 2. The Morgan fingerprint density at radius 3 is 2.63 bits per heavy atom. The molecule has 0 fully saturated rings. The summed E-state index contributed by atoms with van der Waals surface area (Å²) in [5.41, 5.74) is 8.31. The Morgan fingerprint density at radius 2 is 1.95 bits per heavy atom. The van der Waals surface area contributed by atoms with Crippen LogP contribution in [0, 0.1) is 6.92 Å². The molecule has 100 valence electrons. The lowest BCUT2D eigenvalue weighted by molar-refractivity contribution is 0.760. The van der Waals surface area contributed by atoms with Crippen LogP contribution in [0.4, 0.5) is 5.82 Å². The van der Waals surface area contributed by atoms with E-state index in [-0.39, 0.29) is 6.04 Å². The Morgan fingerprint density at radius 1 is 1.21 bits per heavy atom. The Bertz CT molecular complexity index is 525. The summed E-state index contributed by atoms with van der Waals surface area (Å²) in [5, 5.41) is 3.28. The van der Waals surface area contributed by atoms with Gasteiger partial charge in [-0.2, -0.15) is 0 Å². The van der Waals surface area contributed by atoms with Gasteiger partial charge in [0.2, 0.25) is 0 Å². The van der Waals surface area contributed by atoms with E-state index in [1.165, 1.54) is 0 Å². The van der Waals surface area contributed by atoms with Crippen LogP contribution in [-0.2, 0) is 6.42 Å². The van der Waals surface area contributed by atoms with Crippen molar-refractivity contribution in [3.8, 4) is 0 Å². The van der Waals surface area contributed by atoms with Gasteiger partial charge < -0.3 is 11.1 Å². The predicted octanol–water partition coefficient (Wildman–Crippen LogP) is 2.46. The van der Waals surface area contributed by atoms with Gasteiger partial charge in [-0.15, -0.1) is 0 Å². The van der Waals surface area contributed by atoms with Crippen molar-refractivity contribution in [2.75, 3.05) is 11.9 Å². The highest BCUT2D eigenvalue weighted by Gasteiger charge is 2.06. The van der Waals surface area contributed by atoms with Gasteiger partial charge in [0.25, 0.3) is 0 Å². The predicted molar refractivity (Wildman–Crippen MR) is 78.0 cm³/mol. The van der Waals surface area contributed by atoms with Gasteiger partial charge in [0.1, 0.15) is 11.6 Å². The van der Waals surface area contributed by atoms with Crippen LogP contribution in [0.1, 0.15) is 30.0 Å². The number of aryl methyl sites for hydroxylation is 2. The van der Waals surface area contributed by atoms with Gasteiger partial charge >= 0.3 is 0 Å². The lowest BCUT2D eigenvalue weighted by atomic mass is 10.1. The van der Waals surface area contributed by atoms with Crippen LogP contribution in [-0.4, -0.2) is 16.5 Å². The summed E-state index contributed by atoms with van der Waals surface area (Å²) in [4.78, 5) is 8.72. The molecule has 0 aliphatic heterocycles. The van der Waals surface area contributed by atoms with Crippen molar-refractivity contribution in [3.63, 3.8) is 0 Å². The molecule has 0 amide bonds. The first-order valence-electron chi connectivity index (χ1n) is 6.58. The van der Waals surface area contributed by atoms with Gasteiger partial charge in [-0.3, -0.25) is 0 Å². The maximum Gasteiger partial charge on any atom is 0.129 e. The summed E-state index contributed by atoms with van der Waals surface area (Å²) in [6.07, 6.45) is 0.906. The van der Waals surface area contributed by atoms with E-state index in [1.54, 1.807) is 0 Å². The third kappa shape index (κ3) is 3.76. The van der Waals surface area contributed by atoms with Gasteiger partial charge in [-0.1, -0.05) is 37.3 Å². The quantitative estimate of drug-likeness (QED) is 0.862. The molecule has 0 bridgehead atoms. The van der Waals surface area contributed by atoms with Crippen molar-refractivity contribution in [2.24, 2.45) is 5.73 Å². The van der Waals surface area contributed by atoms with Gasteiger partial charge in [-0.05, 0) is 18.9 Å². The van der Waals surface area contributed by atoms with E-state index in [9.17, 15) is 0 Å². The fourth-order valence-corrected chi connectivity index (χ4v) is 1.93. The number of anilines is 1. The second-order valence-corrected chi connectivity index (χ2v) is 4.54. The highest BCUT2D eigenvalue weighted by Crippen LogP contribution is 2.12. The highest BCUT2D eigenvalue weighted by atomic mass is 15.0. The molecule has 3 N–H and O–H groups in total. The summed E-state index contributed by atoms with van der Waals surface area (Å²) in [6.45, 7) is 4.65. The van der Waals surface area contributed by atoms with Crippen LogP contribution in [0.3, 0.4) is 0 Å². The molecule has 0 aliphatic carbocycles. The molecule has 4 nitrogen and oxygen atoms in total. The number of nitrogens with zero attached hydrogens (tertiary/aromatic N) is 2. The lowest BCUT2D eigenvalue weighted by Crippen LogP contribution is -2.21. The molecule has 0 saturated heterocycles. The Kier molecular flexibility index (Phi) is 4.47. The second kappa shape index (κ2) is 6.29. The topological polar surface area (TPSA) is 63.8 Å². The summed E-state index contributed by atoms with van der Waals surface area (Å²) in [7, 11) is 0. The number of rotatable bonds is 5. The van der Waals surface area contributed by atoms with Crippen molar-refractivity contribution in [1.82, 2.24) is 9.97 Å². The number of aromatic nitrogens is 2. The maximum absolute atomic E-state index is 6.15. The average molecular weight is 256 g/mol. The first kappa shape index (κ1) is 13.5. The zero-order valence-corrected chi connectivity index (χ0v) is 11.4. The average Bonchev–Trinajstić information content (AvgIpc) is 2.45. The van der Waals surface area contributed by atoms with Crippen molar-refractivity contribution in [2.45, 2.75) is 26.3 Å². The molecular formula is C15H20N4. The molecular weight excluding hydrogens is 236 g/mol. The number of nitrogens with two attached hydrogens (primary N) is 1. The third-order valence-electron chi connectivity index (χ3n) is 2.98. The van der Waals surface area contributed by atoms with E-state index in [0.29, 0.717) is 6.54 Å². The Hall–Kier alpha value is -1.94. The van der Waals surface area contributed by atoms with E-state index in [4.69, 9.17) is 5.73 Å². The van der Waals surface area contributed by atoms with Gasteiger partial charge in [0.15, 0.2) is 0 Å². The van der Waals surface area contributed by atoms with Crippen LogP contribution in [0.2, 0.25) is 0 Å². The van der Waals surface area contributed by atoms with Gasteiger partial charge in [-0.25, -0.2) is 9.97 Å². The van der Waals surface area contributed by atoms with Crippen molar-refractivity contribution < 1.29 is 0 Å². The minimum atomic E-state index is -0.0402. The summed E-state index contributed by atoms with van der Waals surface area (Å²) in [5.74, 6) is 1.63. The van der Waals surface area contributed by atoms with Crippen LogP contribution in [0.15, 0.2) is 36.4 Å². The molecule has 2 aromatic rings. The van der Waals surface area contributed by atoms with Crippen LogP contribution >= 0.6 is 0 Å². The summed E-state index contributed by atoms with van der Waals surface area (Å²) >= 11 is 0. The van der Waals surface area contributed by atoms with E-state index in [0.717, 1.165) is 29.3 Å². The fraction of sp³-hybridized carbons (Fsp3) is 0.333. The number of nitrogens with one attached hydrogen (secondary N) is 1. The van der Waals surface area contributed by atoms with Crippen LogP contribution in [0.25, 0.3) is 0 Å². The second-order valence-electron chi connectivity index (χ2n) is 4.54.